The molecule has 0 aliphatic carbocycles. The zero-order valence-electron chi connectivity index (χ0n) is 15.1. The number of cyclic esters (lactones) is 1. The average molecular weight is 367 g/mol. The molecule has 0 radical (unpaired) electrons. The summed E-state index contributed by atoms with van der Waals surface area (Å²) in [6.07, 6.45) is 1.57. The van der Waals surface area contributed by atoms with Crippen molar-refractivity contribution >= 4 is 28.3 Å². The number of amides is 1. The molecule has 140 valence electrons. The van der Waals surface area contributed by atoms with Crippen LogP contribution < -0.4 is 15.8 Å². The van der Waals surface area contributed by atoms with Crippen LogP contribution in [0.25, 0.3) is 16.6 Å². The summed E-state index contributed by atoms with van der Waals surface area (Å²) in [4.78, 5) is 29.3. The highest BCUT2D eigenvalue weighted by molar-refractivity contribution is 6.07. The van der Waals surface area contributed by atoms with Gasteiger partial charge in [-0.05, 0) is 45.0 Å². The van der Waals surface area contributed by atoms with E-state index in [4.69, 9.17) is 9.84 Å². The lowest BCUT2D eigenvalue weighted by atomic mass is 9.94. The molecular weight excluding hydrogens is 346 g/mol. The van der Waals surface area contributed by atoms with Crippen LogP contribution in [0.15, 0.2) is 29.1 Å². The molecule has 0 bridgehead atoms. The Morgan fingerprint density at radius 3 is 2.78 bits per heavy atom. The van der Waals surface area contributed by atoms with Crippen molar-refractivity contribution in [3.8, 4) is 0 Å². The van der Waals surface area contributed by atoms with Crippen LogP contribution in [0.3, 0.4) is 0 Å². The molecule has 2 N–H and O–H groups in total. The second-order valence-corrected chi connectivity index (χ2v) is 7.31. The lowest BCUT2D eigenvalue weighted by Gasteiger charge is -2.23. The molecule has 1 unspecified atom stereocenters. The Morgan fingerprint density at radius 1 is 1.22 bits per heavy atom. The lowest BCUT2D eigenvalue weighted by Crippen LogP contribution is -2.31. The maximum absolute atomic E-state index is 12.4. The zero-order valence-corrected chi connectivity index (χ0v) is 15.1. The number of hydrogen-bond acceptors (Lipinski definition) is 5. The van der Waals surface area contributed by atoms with Gasteiger partial charge in [-0.25, -0.2) is 9.31 Å². The Kier molecular flexibility index (Phi) is 3.68. The van der Waals surface area contributed by atoms with E-state index in [0.29, 0.717) is 12.3 Å². The minimum Gasteiger partial charge on any atom is -0.447 e. The van der Waals surface area contributed by atoms with E-state index >= 15 is 0 Å². The smallest absolute Gasteiger partial charge is 0.414 e. The number of fused-ring (bicyclic) bond motifs is 3. The van der Waals surface area contributed by atoms with Crippen LogP contribution in [0.5, 0.6) is 0 Å². The first-order chi connectivity index (χ1) is 13.1. The third-order valence-corrected chi connectivity index (χ3v) is 5.54. The van der Waals surface area contributed by atoms with Gasteiger partial charge in [0.05, 0.1) is 28.3 Å². The Bertz CT molecular complexity index is 1100. The summed E-state index contributed by atoms with van der Waals surface area (Å²) >= 11 is 0. The van der Waals surface area contributed by atoms with Gasteiger partial charge in [0.1, 0.15) is 12.3 Å². The van der Waals surface area contributed by atoms with Crippen LogP contribution >= 0.6 is 0 Å². The molecule has 3 aromatic rings. The molecule has 2 aliphatic heterocycles. The third-order valence-electron chi connectivity index (χ3n) is 5.54. The Labute approximate surface area is 155 Å². The normalized spacial score (nSPS) is 21.3. The van der Waals surface area contributed by atoms with Crippen LogP contribution in [0, 0.1) is 0 Å². The summed E-state index contributed by atoms with van der Waals surface area (Å²) in [7, 11) is 0. The van der Waals surface area contributed by atoms with Gasteiger partial charge in [0.25, 0.3) is 5.56 Å². The van der Waals surface area contributed by atoms with Gasteiger partial charge in [-0.15, -0.1) is 0 Å². The topological polar surface area (TPSA) is 91.7 Å². The molecule has 1 atom stereocenters. The van der Waals surface area contributed by atoms with Crippen molar-refractivity contribution in [1.29, 1.82) is 0 Å². The van der Waals surface area contributed by atoms with Crippen LogP contribution in [0.4, 0.5) is 10.5 Å². The molecule has 2 aliphatic rings. The van der Waals surface area contributed by atoms with Crippen LogP contribution in [-0.2, 0) is 4.74 Å². The second-order valence-electron chi connectivity index (χ2n) is 7.31. The highest BCUT2D eigenvalue weighted by atomic mass is 16.6. The number of hydrogen-bond donors (Lipinski definition) is 2. The van der Waals surface area contributed by atoms with E-state index in [1.807, 2.05) is 29.6 Å². The van der Waals surface area contributed by atoms with Gasteiger partial charge in [-0.3, -0.25) is 9.69 Å². The predicted molar refractivity (Wildman–Crippen MR) is 101 cm³/mol. The molecule has 1 amide bonds. The number of anilines is 1. The molecule has 8 heteroatoms. The maximum Gasteiger partial charge on any atom is 0.414 e. The SMILES string of the molecule is CC1COC(=O)N1c1cccc2nn3c(C4CCNCC4)cc(=O)[nH]c3c12. The van der Waals surface area contributed by atoms with Crippen molar-refractivity contribution in [2.24, 2.45) is 0 Å². The van der Waals surface area contributed by atoms with Crippen molar-refractivity contribution in [1.82, 2.24) is 19.9 Å². The van der Waals surface area contributed by atoms with Crippen LogP contribution in [-0.4, -0.2) is 46.4 Å². The fourth-order valence-corrected chi connectivity index (χ4v) is 4.23. The molecule has 8 nitrogen and oxygen atoms in total. The van der Waals surface area contributed by atoms with Crippen LogP contribution in [0.1, 0.15) is 31.4 Å². The molecule has 2 saturated heterocycles. The Morgan fingerprint density at radius 2 is 2.04 bits per heavy atom. The lowest BCUT2D eigenvalue weighted by molar-refractivity contribution is 0.179. The summed E-state index contributed by atoms with van der Waals surface area (Å²) < 4.78 is 7.04. The summed E-state index contributed by atoms with van der Waals surface area (Å²) in [6, 6.07) is 7.24. The Balaban J connectivity index is 1.78. The van der Waals surface area contributed by atoms with Crippen LogP contribution in [0.2, 0.25) is 0 Å². The zero-order chi connectivity index (χ0) is 18.5. The van der Waals surface area contributed by atoms with Crippen molar-refractivity contribution in [3.05, 3.63) is 40.3 Å². The van der Waals surface area contributed by atoms with Gasteiger partial charge in [-0.2, -0.15) is 5.10 Å². The Hall–Kier alpha value is -2.87. The largest absolute Gasteiger partial charge is 0.447 e. The molecular formula is C19H21N5O3. The summed E-state index contributed by atoms with van der Waals surface area (Å²) in [5, 5.41) is 8.89. The quantitative estimate of drug-likeness (QED) is 0.723. The first-order valence-electron chi connectivity index (χ1n) is 9.35. The number of carbonyl (C=O) groups excluding carboxylic acids is 1. The molecule has 0 spiro atoms. The number of nitrogens with one attached hydrogen (secondary N) is 2. The maximum atomic E-state index is 12.4. The number of benzene rings is 1. The molecule has 5 rings (SSSR count). The van der Waals surface area contributed by atoms with Crippen molar-refractivity contribution in [3.63, 3.8) is 0 Å². The van der Waals surface area contributed by atoms with Gasteiger partial charge < -0.3 is 15.0 Å². The molecule has 0 saturated carbocycles. The van der Waals surface area contributed by atoms with Gasteiger partial charge in [0.15, 0.2) is 0 Å². The minimum absolute atomic E-state index is 0.0719. The monoisotopic (exact) mass is 367 g/mol. The van der Waals surface area contributed by atoms with E-state index in [1.165, 1.54) is 0 Å². The summed E-state index contributed by atoms with van der Waals surface area (Å²) in [6.45, 7) is 4.16. The van der Waals surface area contributed by atoms with Gasteiger partial charge >= 0.3 is 6.09 Å². The highest BCUT2D eigenvalue weighted by Gasteiger charge is 2.33. The number of nitrogens with zero attached hydrogens (tertiary/aromatic N) is 3. The number of aromatic nitrogens is 3. The highest BCUT2D eigenvalue weighted by Crippen LogP contribution is 2.34. The average Bonchev–Trinajstić information content (AvgIpc) is 3.21. The van der Waals surface area contributed by atoms with E-state index in [1.54, 1.807) is 11.0 Å². The molecule has 1 aromatic carbocycles. The molecule has 27 heavy (non-hydrogen) atoms. The number of aromatic amines is 1. The van der Waals surface area contributed by atoms with E-state index in [9.17, 15) is 9.59 Å². The predicted octanol–water partition coefficient (Wildman–Crippen LogP) is 1.99. The van der Waals surface area contributed by atoms with Gasteiger partial charge in [0, 0.05) is 12.0 Å². The number of rotatable bonds is 2. The standard InChI is InChI=1S/C19H21N5O3/c1-11-10-27-19(26)23(11)14-4-2-3-13-17(14)18-21-16(25)9-15(24(18)22-13)12-5-7-20-8-6-12/h2-4,9,11-12,20H,5-8,10H2,1H3,(H,21,25). The fraction of sp³-hybridized carbons (Fsp3) is 0.421. The van der Waals surface area contributed by atoms with E-state index in [-0.39, 0.29) is 23.6 Å². The van der Waals surface area contributed by atoms with E-state index in [0.717, 1.165) is 48.2 Å². The summed E-state index contributed by atoms with van der Waals surface area (Å²) in [5.74, 6) is 0.282. The van der Waals surface area contributed by atoms with Gasteiger partial charge in [0.2, 0.25) is 0 Å². The third kappa shape index (κ3) is 2.51. The number of piperidine rings is 1. The molecule has 4 heterocycles. The number of ether oxygens (including phenoxy) is 1. The first kappa shape index (κ1) is 16.3. The van der Waals surface area contributed by atoms with Crippen molar-refractivity contribution in [2.75, 3.05) is 24.6 Å². The first-order valence-corrected chi connectivity index (χ1v) is 9.35. The number of carbonyl (C=O) groups is 1. The van der Waals surface area contributed by atoms with E-state index < -0.39 is 0 Å². The number of H-pyrrole nitrogens is 1. The fourth-order valence-electron chi connectivity index (χ4n) is 4.23. The van der Waals surface area contributed by atoms with Gasteiger partial charge in [-0.1, -0.05) is 6.07 Å². The second kappa shape index (κ2) is 6.09. The van der Waals surface area contributed by atoms with Crippen molar-refractivity contribution in [2.45, 2.75) is 31.7 Å². The molecule has 2 fully saturated rings. The van der Waals surface area contributed by atoms with E-state index in [2.05, 4.69) is 10.3 Å². The minimum atomic E-state index is -0.369. The summed E-state index contributed by atoms with van der Waals surface area (Å²) in [5.41, 5.74) is 2.87. The molecule has 2 aromatic heterocycles. The van der Waals surface area contributed by atoms with Crippen molar-refractivity contribution < 1.29 is 9.53 Å².